The zero-order valence-corrected chi connectivity index (χ0v) is 15.1. The van der Waals surface area contributed by atoms with Gasteiger partial charge >= 0.3 is 0 Å². The number of anilines is 2. The first kappa shape index (κ1) is 16.3. The van der Waals surface area contributed by atoms with Crippen molar-refractivity contribution >= 4 is 39.8 Å². The summed E-state index contributed by atoms with van der Waals surface area (Å²) in [5, 5.41) is 12.2. The van der Waals surface area contributed by atoms with Crippen LogP contribution in [0.4, 0.5) is 10.8 Å². The predicted molar refractivity (Wildman–Crippen MR) is 96.5 cm³/mol. The summed E-state index contributed by atoms with van der Waals surface area (Å²) in [7, 11) is 0. The highest BCUT2D eigenvalue weighted by Crippen LogP contribution is 2.33. The Kier molecular flexibility index (Phi) is 4.87. The third-order valence-corrected chi connectivity index (χ3v) is 5.59. The first-order valence-corrected chi connectivity index (χ1v) is 9.47. The summed E-state index contributed by atoms with van der Waals surface area (Å²) in [6.07, 6.45) is 0.924. The van der Waals surface area contributed by atoms with Crippen molar-refractivity contribution in [1.29, 1.82) is 0 Å². The zero-order chi connectivity index (χ0) is 16.4. The fraction of sp³-hybridized carbons (Fsp3) is 0.438. The lowest BCUT2D eigenvalue weighted by Gasteiger charge is -2.22. The molecule has 1 aliphatic heterocycles. The van der Waals surface area contributed by atoms with Gasteiger partial charge in [-0.25, -0.2) is 0 Å². The van der Waals surface area contributed by atoms with Crippen LogP contribution in [-0.4, -0.2) is 33.9 Å². The number of hydrogen-bond donors (Lipinski definition) is 1. The number of thioether (sulfide) groups is 1. The van der Waals surface area contributed by atoms with Crippen LogP contribution in [0, 0.1) is 0 Å². The first-order valence-electron chi connectivity index (χ1n) is 7.67. The van der Waals surface area contributed by atoms with Gasteiger partial charge in [0.15, 0.2) is 4.34 Å². The Balaban J connectivity index is 1.63. The van der Waals surface area contributed by atoms with E-state index in [0.29, 0.717) is 11.8 Å². The highest BCUT2D eigenvalue weighted by atomic mass is 32.2. The third kappa shape index (κ3) is 3.67. The van der Waals surface area contributed by atoms with Gasteiger partial charge in [0.1, 0.15) is 0 Å². The van der Waals surface area contributed by atoms with E-state index in [0.717, 1.165) is 21.6 Å². The summed E-state index contributed by atoms with van der Waals surface area (Å²) in [4.78, 5) is 14.5. The molecule has 0 fully saturated rings. The maximum absolute atomic E-state index is 12.6. The number of hydrogen-bond acceptors (Lipinski definition) is 6. The number of fused-ring (bicyclic) bond motifs is 1. The molecular weight excluding hydrogens is 328 g/mol. The number of aromatic nitrogens is 2. The third-order valence-electron chi connectivity index (χ3n) is 3.61. The lowest BCUT2D eigenvalue weighted by Crippen LogP contribution is -2.36. The van der Waals surface area contributed by atoms with Crippen molar-refractivity contribution in [3.8, 4) is 0 Å². The van der Waals surface area contributed by atoms with Crippen molar-refractivity contribution in [2.45, 2.75) is 43.6 Å². The molecule has 3 rings (SSSR count). The molecule has 0 saturated carbocycles. The molecule has 1 aromatic heterocycles. The van der Waals surface area contributed by atoms with Crippen LogP contribution >= 0.6 is 23.1 Å². The smallest absolute Gasteiger partial charge is 0.237 e. The number of nitrogens with one attached hydrogen (secondary N) is 1. The Labute approximate surface area is 144 Å². The molecule has 0 spiro atoms. The molecule has 0 unspecified atom stereocenters. The monoisotopic (exact) mass is 348 g/mol. The highest BCUT2D eigenvalue weighted by Gasteiger charge is 2.30. The summed E-state index contributed by atoms with van der Waals surface area (Å²) >= 11 is 2.94. The predicted octanol–water partition coefficient (Wildman–Crippen LogP) is 3.43. The second kappa shape index (κ2) is 6.88. The molecule has 5 nitrogen and oxygen atoms in total. The normalized spacial score (nSPS) is 16.7. The highest BCUT2D eigenvalue weighted by molar-refractivity contribution is 8.01. The largest absolute Gasteiger partial charge is 0.358 e. The van der Waals surface area contributed by atoms with Gasteiger partial charge in [0.2, 0.25) is 11.0 Å². The molecule has 23 heavy (non-hydrogen) atoms. The average Bonchev–Trinajstić information content (AvgIpc) is 3.07. The molecule has 2 heterocycles. The van der Waals surface area contributed by atoms with E-state index in [1.165, 1.54) is 28.7 Å². The Bertz CT molecular complexity index is 701. The number of carbonyl (C=O) groups excluding carboxylic acids is 1. The van der Waals surface area contributed by atoms with Gasteiger partial charge < -0.3 is 10.2 Å². The molecule has 0 saturated heterocycles. The molecule has 2 aromatic rings. The van der Waals surface area contributed by atoms with E-state index in [4.69, 9.17) is 0 Å². The number of benzene rings is 1. The molecule has 0 aliphatic carbocycles. The van der Waals surface area contributed by atoms with E-state index in [2.05, 4.69) is 42.4 Å². The van der Waals surface area contributed by atoms with Crippen LogP contribution in [0.5, 0.6) is 0 Å². The molecular formula is C16H20N4OS2. The number of amides is 1. The van der Waals surface area contributed by atoms with Crippen molar-refractivity contribution in [1.82, 2.24) is 10.2 Å². The maximum atomic E-state index is 12.6. The van der Waals surface area contributed by atoms with Crippen LogP contribution in [0.3, 0.4) is 0 Å². The topological polar surface area (TPSA) is 58.1 Å². The van der Waals surface area contributed by atoms with Crippen LogP contribution in [0.15, 0.2) is 28.6 Å². The van der Waals surface area contributed by atoms with Gasteiger partial charge in [-0.05, 0) is 38.8 Å². The molecule has 1 atom stereocenters. The Morgan fingerprint density at radius 1 is 1.43 bits per heavy atom. The van der Waals surface area contributed by atoms with Crippen LogP contribution in [0.2, 0.25) is 0 Å². The fourth-order valence-electron chi connectivity index (χ4n) is 2.71. The Morgan fingerprint density at radius 2 is 2.22 bits per heavy atom. The van der Waals surface area contributed by atoms with Crippen molar-refractivity contribution in [2.75, 3.05) is 16.0 Å². The van der Waals surface area contributed by atoms with Crippen molar-refractivity contribution < 1.29 is 4.79 Å². The molecule has 1 N–H and O–H groups in total. The molecule has 1 aromatic carbocycles. The van der Waals surface area contributed by atoms with E-state index in [1.807, 2.05) is 23.1 Å². The van der Waals surface area contributed by atoms with E-state index in [1.54, 1.807) is 0 Å². The van der Waals surface area contributed by atoms with Crippen LogP contribution in [0.25, 0.3) is 0 Å². The van der Waals surface area contributed by atoms with Crippen LogP contribution < -0.4 is 10.2 Å². The summed E-state index contributed by atoms with van der Waals surface area (Å²) in [5.41, 5.74) is 2.29. The number of nitrogens with zero attached hydrogens (tertiary/aromatic N) is 3. The summed E-state index contributed by atoms with van der Waals surface area (Å²) < 4.78 is 0.821. The van der Waals surface area contributed by atoms with Gasteiger partial charge in [0.05, 0.1) is 5.75 Å². The molecule has 0 bridgehead atoms. The minimum absolute atomic E-state index is 0.126. The second-order valence-electron chi connectivity index (χ2n) is 5.91. The molecule has 7 heteroatoms. The molecule has 122 valence electrons. The van der Waals surface area contributed by atoms with Gasteiger partial charge in [-0.3, -0.25) is 4.79 Å². The maximum Gasteiger partial charge on any atom is 0.237 e. The Morgan fingerprint density at radius 3 is 3.00 bits per heavy atom. The van der Waals surface area contributed by atoms with Gasteiger partial charge in [-0.2, -0.15) is 0 Å². The lowest BCUT2D eigenvalue weighted by molar-refractivity contribution is -0.116. The van der Waals surface area contributed by atoms with Gasteiger partial charge in [0, 0.05) is 17.8 Å². The molecule has 1 amide bonds. The second-order valence-corrected chi connectivity index (χ2v) is 8.11. The number of rotatable bonds is 5. The molecule has 0 radical (unpaired) electrons. The summed E-state index contributed by atoms with van der Waals surface area (Å²) in [6, 6.07) is 8.67. The van der Waals surface area contributed by atoms with Crippen LogP contribution in [0.1, 0.15) is 26.3 Å². The number of para-hydroxylation sites is 1. The SMILES string of the molecule is CC(C)Nc1nnc(SCC(=O)N2c3ccccc3C[C@@H]2C)s1. The fourth-order valence-corrected chi connectivity index (χ4v) is 4.47. The zero-order valence-electron chi connectivity index (χ0n) is 13.4. The average molecular weight is 348 g/mol. The molecule has 1 aliphatic rings. The van der Waals surface area contributed by atoms with E-state index in [-0.39, 0.29) is 11.9 Å². The van der Waals surface area contributed by atoms with Gasteiger partial charge in [0.25, 0.3) is 0 Å². The number of carbonyl (C=O) groups is 1. The van der Waals surface area contributed by atoms with Crippen LogP contribution in [-0.2, 0) is 11.2 Å². The first-order chi connectivity index (χ1) is 11.0. The van der Waals surface area contributed by atoms with Crippen molar-refractivity contribution in [3.05, 3.63) is 29.8 Å². The van der Waals surface area contributed by atoms with E-state index in [9.17, 15) is 4.79 Å². The summed E-state index contributed by atoms with van der Waals surface area (Å²) in [5.74, 6) is 0.510. The summed E-state index contributed by atoms with van der Waals surface area (Å²) in [6.45, 7) is 6.21. The van der Waals surface area contributed by atoms with Gasteiger partial charge in [-0.15, -0.1) is 10.2 Å². The van der Waals surface area contributed by atoms with E-state index < -0.39 is 0 Å². The quantitative estimate of drug-likeness (QED) is 0.839. The lowest BCUT2D eigenvalue weighted by atomic mass is 10.1. The minimum Gasteiger partial charge on any atom is -0.358 e. The van der Waals surface area contributed by atoms with E-state index >= 15 is 0 Å². The standard InChI is InChI=1S/C16H20N4OS2/c1-10(2)17-15-18-19-16(23-15)22-9-14(21)20-11(3)8-12-6-4-5-7-13(12)20/h4-7,10-11H,8-9H2,1-3H3,(H,17,18)/t11-/m0/s1. The van der Waals surface area contributed by atoms with Gasteiger partial charge in [-0.1, -0.05) is 41.3 Å². The minimum atomic E-state index is 0.126. The Hall–Kier alpha value is -1.60. The van der Waals surface area contributed by atoms with Crippen molar-refractivity contribution in [2.24, 2.45) is 0 Å². The van der Waals surface area contributed by atoms with Crippen molar-refractivity contribution in [3.63, 3.8) is 0 Å².